The number of alkyl halides is 3. The third-order valence-corrected chi connectivity index (χ3v) is 2.84. The predicted octanol–water partition coefficient (Wildman–Crippen LogP) is 3.22. The Labute approximate surface area is 96.8 Å². The molecule has 17 heavy (non-hydrogen) atoms. The molecule has 0 spiro atoms. The highest BCUT2D eigenvalue weighted by Crippen LogP contribution is 2.33. The van der Waals surface area contributed by atoms with E-state index < -0.39 is 11.7 Å². The Morgan fingerprint density at radius 3 is 2.47 bits per heavy atom. The fourth-order valence-electron chi connectivity index (χ4n) is 1.96. The van der Waals surface area contributed by atoms with E-state index in [1.54, 1.807) is 24.7 Å². The van der Waals surface area contributed by atoms with Crippen molar-refractivity contribution in [2.45, 2.75) is 19.1 Å². The van der Waals surface area contributed by atoms with Crippen molar-refractivity contribution in [1.29, 1.82) is 0 Å². The van der Waals surface area contributed by atoms with Crippen molar-refractivity contribution in [2.75, 3.05) is 0 Å². The number of aryl methyl sites for hydroxylation is 1. The Bertz CT molecular complexity index is 553. The summed E-state index contributed by atoms with van der Waals surface area (Å²) in [6.45, 7) is 1.76. The van der Waals surface area contributed by atoms with Crippen molar-refractivity contribution in [2.24, 2.45) is 12.8 Å². The largest absolute Gasteiger partial charge is 0.416 e. The second-order valence-electron chi connectivity index (χ2n) is 4.21. The molecule has 0 aliphatic carbocycles. The summed E-state index contributed by atoms with van der Waals surface area (Å²) in [6, 6.07) is 3.44. The summed E-state index contributed by atoms with van der Waals surface area (Å²) >= 11 is 0. The van der Waals surface area contributed by atoms with Crippen LogP contribution in [0.25, 0.3) is 10.9 Å². The first-order valence-electron chi connectivity index (χ1n) is 5.22. The minimum absolute atomic E-state index is 0.290. The summed E-state index contributed by atoms with van der Waals surface area (Å²) in [5.41, 5.74) is 6.60. The van der Waals surface area contributed by atoms with Crippen LogP contribution >= 0.6 is 0 Å². The van der Waals surface area contributed by atoms with Gasteiger partial charge in [0, 0.05) is 30.2 Å². The van der Waals surface area contributed by atoms with Crippen LogP contribution in [0.3, 0.4) is 0 Å². The molecule has 0 amide bonds. The number of hydrogen-bond acceptors (Lipinski definition) is 1. The Kier molecular flexibility index (Phi) is 2.66. The molecule has 5 heteroatoms. The maximum absolute atomic E-state index is 12.6. The van der Waals surface area contributed by atoms with Gasteiger partial charge < -0.3 is 10.3 Å². The molecule has 2 nitrogen and oxygen atoms in total. The molecule has 2 aromatic rings. The third-order valence-electron chi connectivity index (χ3n) is 2.84. The van der Waals surface area contributed by atoms with Gasteiger partial charge in [-0.3, -0.25) is 0 Å². The lowest BCUT2D eigenvalue weighted by atomic mass is 10.1. The third kappa shape index (κ3) is 2.02. The van der Waals surface area contributed by atoms with Gasteiger partial charge in [-0.1, -0.05) is 0 Å². The van der Waals surface area contributed by atoms with Gasteiger partial charge in [0.05, 0.1) is 5.56 Å². The second-order valence-corrected chi connectivity index (χ2v) is 4.21. The molecular weight excluding hydrogens is 229 g/mol. The highest BCUT2D eigenvalue weighted by molar-refractivity contribution is 5.85. The van der Waals surface area contributed by atoms with Crippen molar-refractivity contribution in [3.8, 4) is 0 Å². The summed E-state index contributed by atoms with van der Waals surface area (Å²) in [5.74, 6) is 0. The van der Waals surface area contributed by atoms with Crippen molar-refractivity contribution < 1.29 is 13.2 Å². The molecule has 0 saturated carbocycles. The first kappa shape index (κ1) is 12.0. The summed E-state index contributed by atoms with van der Waals surface area (Å²) in [5, 5.41) is 0.567. The number of benzene rings is 1. The molecule has 1 atom stereocenters. The molecule has 0 aliphatic heterocycles. The van der Waals surface area contributed by atoms with E-state index in [0.717, 1.165) is 23.2 Å². The van der Waals surface area contributed by atoms with Crippen LogP contribution in [0.5, 0.6) is 0 Å². The van der Waals surface area contributed by atoms with Crippen LogP contribution in [0.15, 0.2) is 24.4 Å². The van der Waals surface area contributed by atoms with Crippen LogP contribution < -0.4 is 5.73 Å². The fraction of sp³-hybridized carbons (Fsp3) is 0.333. The van der Waals surface area contributed by atoms with E-state index in [-0.39, 0.29) is 6.04 Å². The summed E-state index contributed by atoms with van der Waals surface area (Å²) in [6.07, 6.45) is -2.55. The van der Waals surface area contributed by atoms with E-state index >= 15 is 0 Å². The number of halogens is 3. The molecule has 1 heterocycles. The van der Waals surface area contributed by atoms with Gasteiger partial charge in [0.25, 0.3) is 0 Å². The standard InChI is InChI=1S/C12H13F3N2/c1-7(16)10-6-17(2)11-4-3-8(5-9(10)11)12(13,14)15/h3-7H,16H2,1-2H3/t7-/m1/s1. The Balaban J connectivity index is 2.71. The lowest BCUT2D eigenvalue weighted by Crippen LogP contribution is -2.06. The zero-order valence-corrected chi connectivity index (χ0v) is 9.55. The van der Waals surface area contributed by atoms with Crippen LogP contribution in [-0.4, -0.2) is 4.57 Å². The van der Waals surface area contributed by atoms with E-state index in [1.807, 2.05) is 0 Å². The van der Waals surface area contributed by atoms with Crippen molar-refractivity contribution in [1.82, 2.24) is 4.57 Å². The SMILES string of the molecule is C[C@@H](N)c1cn(C)c2ccc(C(F)(F)F)cc12. The Morgan fingerprint density at radius 1 is 1.29 bits per heavy atom. The van der Waals surface area contributed by atoms with E-state index in [2.05, 4.69) is 0 Å². The maximum atomic E-state index is 12.6. The van der Waals surface area contributed by atoms with Crippen LogP contribution in [-0.2, 0) is 13.2 Å². The number of nitrogens with zero attached hydrogens (tertiary/aromatic N) is 1. The lowest BCUT2D eigenvalue weighted by Gasteiger charge is -2.08. The predicted molar refractivity (Wildman–Crippen MR) is 60.5 cm³/mol. The molecule has 0 radical (unpaired) electrons. The van der Waals surface area contributed by atoms with Gasteiger partial charge in [0.15, 0.2) is 0 Å². The average Bonchev–Trinajstić information content (AvgIpc) is 2.54. The Hall–Kier alpha value is -1.49. The van der Waals surface area contributed by atoms with Crippen LogP contribution in [0.1, 0.15) is 24.1 Å². The van der Waals surface area contributed by atoms with E-state index in [4.69, 9.17) is 5.73 Å². The van der Waals surface area contributed by atoms with E-state index in [9.17, 15) is 13.2 Å². The van der Waals surface area contributed by atoms with Crippen LogP contribution in [0.4, 0.5) is 13.2 Å². The molecule has 0 bridgehead atoms. The average molecular weight is 242 g/mol. The van der Waals surface area contributed by atoms with E-state index in [1.165, 1.54) is 6.07 Å². The number of nitrogens with two attached hydrogens (primary N) is 1. The molecule has 2 N–H and O–H groups in total. The number of fused-ring (bicyclic) bond motifs is 1. The van der Waals surface area contributed by atoms with Crippen molar-refractivity contribution >= 4 is 10.9 Å². The maximum Gasteiger partial charge on any atom is 0.416 e. The van der Waals surface area contributed by atoms with Crippen LogP contribution in [0, 0.1) is 0 Å². The zero-order chi connectivity index (χ0) is 12.8. The van der Waals surface area contributed by atoms with Crippen LogP contribution in [0.2, 0.25) is 0 Å². The quantitative estimate of drug-likeness (QED) is 0.817. The van der Waals surface area contributed by atoms with Gasteiger partial charge in [-0.25, -0.2) is 0 Å². The minimum Gasteiger partial charge on any atom is -0.350 e. The van der Waals surface area contributed by atoms with Gasteiger partial charge in [-0.05, 0) is 30.7 Å². The number of rotatable bonds is 1. The van der Waals surface area contributed by atoms with Gasteiger partial charge >= 0.3 is 6.18 Å². The second kappa shape index (κ2) is 3.77. The van der Waals surface area contributed by atoms with Gasteiger partial charge in [-0.2, -0.15) is 13.2 Å². The Morgan fingerprint density at radius 2 is 1.94 bits per heavy atom. The molecule has 1 aromatic heterocycles. The lowest BCUT2D eigenvalue weighted by molar-refractivity contribution is -0.137. The molecule has 0 fully saturated rings. The van der Waals surface area contributed by atoms with E-state index in [0.29, 0.717) is 5.39 Å². The van der Waals surface area contributed by atoms with Gasteiger partial charge in [0.1, 0.15) is 0 Å². The first-order chi connectivity index (χ1) is 7.80. The molecule has 0 aliphatic rings. The highest BCUT2D eigenvalue weighted by Gasteiger charge is 2.31. The van der Waals surface area contributed by atoms with Gasteiger partial charge in [-0.15, -0.1) is 0 Å². The zero-order valence-electron chi connectivity index (χ0n) is 9.55. The monoisotopic (exact) mass is 242 g/mol. The molecule has 92 valence electrons. The van der Waals surface area contributed by atoms with Gasteiger partial charge in [0.2, 0.25) is 0 Å². The highest BCUT2D eigenvalue weighted by atomic mass is 19.4. The molecular formula is C12H13F3N2. The summed E-state index contributed by atoms with van der Waals surface area (Å²) in [4.78, 5) is 0. The first-order valence-corrected chi connectivity index (χ1v) is 5.22. The molecule has 0 saturated heterocycles. The topological polar surface area (TPSA) is 30.9 Å². The minimum atomic E-state index is -4.32. The number of hydrogen-bond donors (Lipinski definition) is 1. The smallest absolute Gasteiger partial charge is 0.350 e. The number of aromatic nitrogens is 1. The molecule has 1 aromatic carbocycles. The summed E-state index contributed by atoms with van der Waals surface area (Å²) in [7, 11) is 1.79. The van der Waals surface area contributed by atoms with Crippen molar-refractivity contribution in [3.05, 3.63) is 35.5 Å². The fourth-order valence-corrected chi connectivity index (χ4v) is 1.96. The normalized spacial score (nSPS) is 14.2. The van der Waals surface area contributed by atoms with Crippen molar-refractivity contribution in [3.63, 3.8) is 0 Å². The molecule has 0 unspecified atom stereocenters. The molecule has 2 rings (SSSR count). The summed E-state index contributed by atoms with van der Waals surface area (Å²) < 4.78 is 39.6.